The predicted molar refractivity (Wildman–Crippen MR) is 93.3 cm³/mol. The summed E-state index contributed by atoms with van der Waals surface area (Å²) in [5.41, 5.74) is 2.20. The van der Waals surface area contributed by atoms with Crippen molar-refractivity contribution in [3.8, 4) is 0 Å². The van der Waals surface area contributed by atoms with E-state index in [1.165, 1.54) is 0 Å². The lowest BCUT2D eigenvalue weighted by atomic mass is 10.1. The van der Waals surface area contributed by atoms with Crippen LogP contribution >= 0.6 is 12.4 Å². The Morgan fingerprint density at radius 3 is 2.78 bits per heavy atom. The van der Waals surface area contributed by atoms with Gasteiger partial charge < -0.3 is 15.5 Å². The van der Waals surface area contributed by atoms with Gasteiger partial charge in [-0.15, -0.1) is 12.4 Å². The molecule has 1 aliphatic rings. The highest BCUT2D eigenvalue weighted by Gasteiger charge is 2.19. The molecule has 1 fully saturated rings. The molecule has 6 heteroatoms. The fourth-order valence-electron chi connectivity index (χ4n) is 2.64. The summed E-state index contributed by atoms with van der Waals surface area (Å²) in [4.78, 5) is 25.3. The highest BCUT2D eigenvalue weighted by Crippen LogP contribution is 2.15. The molecule has 0 aromatic heterocycles. The number of hydrogen-bond donors (Lipinski definition) is 2. The van der Waals surface area contributed by atoms with Crippen molar-refractivity contribution in [3.63, 3.8) is 0 Å². The number of rotatable bonds is 8. The van der Waals surface area contributed by atoms with E-state index in [2.05, 4.69) is 16.7 Å². The van der Waals surface area contributed by atoms with Gasteiger partial charge in [0.2, 0.25) is 11.8 Å². The normalized spacial score (nSPS) is 13.8. The quantitative estimate of drug-likeness (QED) is 0.710. The Labute approximate surface area is 144 Å². The van der Waals surface area contributed by atoms with Gasteiger partial charge in [-0.25, -0.2) is 0 Å². The Morgan fingerprint density at radius 2 is 2.09 bits per heavy atom. The lowest BCUT2D eigenvalue weighted by Crippen LogP contribution is -2.25. The van der Waals surface area contributed by atoms with Gasteiger partial charge in [0.1, 0.15) is 0 Å². The van der Waals surface area contributed by atoms with E-state index in [0.29, 0.717) is 25.9 Å². The van der Waals surface area contributed by atoms with Crippen LogP contribution in [-0.4, -0.2) is 36.9 Å². The van der Waals surface area contributed by atoms with Gasteiger partial charge in [-0.2, -0.15) is 0 Å². The lowest BCUT2D eigenvalue weighted by Gasteiger charge is -2.16. The van der Waals surface area contributed by atoms with E-state index in [1.807, 2.05) is 30.1 Å². The van der Waals surface area contributed by atoms with E-state index in [1.54, 1.807) is 0 Å². The summed E-state index contributed by atoms with van der Waals surface area (Å²) < 4.78 is 0. The molecular formula is C17H26ClN3O2. The van der Waals surface area contributed by atoms with Crippen LogP contribution in [0.3, 0.4) is 0 Å². The Morgan fingerprint density at radius 1 is 1.30 bits per heavy atom. The largest absolute Gasteiger partial charge is 0.352 e. The molecular weight excluding hydrogens is 314 g/mol. The second-order valence-electron chi connectivity index (χ2n) is 5.72. The lowest BCUT2D eigenvalue weighted by molar-refractivity contribution is -0.128. The molecule has 23 heavy (non-hydrogen) atoms. The fraction of sp³-hybridized carbons (Fsp3) is 0.529. The highest BCUT2D eigenvalue weighted by atomic mass is 35.5. The van der Waals surface area contributed by atoms with Crippen LogP contribution in [0.15, 0.2) is 24.3 Å². The second kappa shape index (κ2) is 10.2. The molecule has 1 aromatic rings. The first-order chi connectivity index (χ1) is 10.7. The van der Waals surface area contributed by atoms with Gasteiger partial charge in [0.15, 0.2) is 0 Å². The number of halogens is 1. The maximum absolute atomic E-state index is 11.7. The van der Waals surface area contributed by atoms with E-state index < -0.39 is 0 Å². The first-order valence-electron chi connectivity index (χ1n) is 7.96. The summed E-state index contributed by atoms with van der Waals surface area (Å²) in [5.74, 6) is 0.318. The van der Waals surface area contributed by atoms with E-state index in [9.17, 15) is 9.59 Å². The van der Waals surface area contributed by atoms with Gasteiger partial charge in [-0.05, 0) is 37.6 Å². The van der Waals surface area contributed by atoms with Crippen molar-refractivity contribution in [3.05, 3.63) is 35.4 Å². The van der Waals surface area contributed by atoms with Crippen LogP contribution in [0.4, 0.5) is 0 Å². The molecule has 1 aromatic carbocycles. The van der Waals surface area contributed by atoms with Crippen molar-refractivity contribution < 1.29 is 9.59 Å². The molecule has 1 saturated heterocycles. The molecule has 128 valence electrons. The van der Waals surface area contributed by atoms with Crippen LogP contribution in [0, 0.1) is 0 Å². The van der Waals surface area contributed by atoms with Crippen molar-refractivity contribution in [1.82, 2.24) is 15.5 Å². The van der Waals surface area contributed by atoms with Gasteiger partial charge in [0.05, 0.1) is 0 Å². The van der Waals surface area contributed by atoms with Crippen molar-refractivity contribution in [2.45, 2.75) is 38.8 Å². The predicted octanol–water partition coefficient (Wildman–Crippen LogP) is 1.85. The molecule has 1 aliphatic heterocycles. The summed E-state index contributed by atoms with van der Waals surface area (Å²) >= 11 is 0. The van der Waals surface area contributed by atoms with Gasteiger partial charge >= 0.3 is 0 Å². The summed E-state index contributed by atoms with van der Waals surface area (Å²) in [6, 6.07) is 8.09. The number of amides is 2. The van der Waals surface area contributed by atoms with Crippen LogP contribution in [0.25, 0.3) is 0 Å². The minimum absolute atomic E-state index is 0. The topological polar surface area (TPSA) is 61.4 Å². The van der Waals surface area contributed by atoms with E-state index in [-0.39, 0.29) is 24.2 Å². The van der Waals surface area contributed by atoms with Gasteiger partial charge in [-0.1, -0.05) is 24.3 Å². The number of likely N-dealkylation sites (tertiary alicyclic amines) is 1. The second-order valence-corrected chi connectivity index (χ2v) is 5.72. The monoisotopic (exact) mass is 339 g/mol. The molecule has 0 unspecified atom stereocenters. The van der Waals surface area contributed by atoms with Crippen LogP contribution in [0.2, 0.25) is 0 Å². The Bertz CT molecular complexity index is 522. The maximum Gasteiger partial charge on any atom is 0.222 e. The van der Waals surface area contributed by atoms with Crippen molar-refractivity contribution >= 4 is 24.2 Å². The Kier molecular flexibility index (Phi) is 8.66. The average Bonchev–Trinajstić information content (AvgIpc) is 2.91. The summed E-state index contributed by atoms with van der Waals surface area (Å²) in [7, 11) is 1.88. The third-order valence-corrected chi connectivity index (χ3v) is 3.86. The van der Waals surface area contributed by atoms with Crippen molar-refractivity contribution in [2.75, 3.05) is 20.1 Å². The summed E-state index contributed by atoms with van der Waals surface area (Å²) in [6.07, 6.45) is 3.02. The summed E-state index contributed by atoms with van der Waals surface area (Å²) in [6.45, 7) is 2.92. The molecule has 2 N–H and O–H groups in total. The van der Waals surface area contributed by atoms with Crippen LogP contribution in [0.1, 0.15) is 36.8 Å². The SMILES string of the molecule is CNCCCC(=O)NCc1cccc(CN2CCCC2=O)c1.Cl. The molecule has 0 saturated carbocycles. The third kappa shape index (κ3) is 6.59. The smallest absolute Gasteiger partial charge is 0.222 e. The fourth-order valence-corrected chi connectivity index (χ4v) is 2.64. The highest BCUT2D eigenvalue weighted by molar-refractivity contribution is 5.85. The van der Waals surface area contributed by atoms with E-state index in [4.69, 9.17) is 0 Å². The van der Waals surface area contributed by atoms with Gasteiger partial charge in [0, 0.05) is 32.5 Å². The molecule has 0 aliphatic carbocycles. The first-order valence-corrected chi connectivity index (χ1v) is 7.96. The summed E-state index contributed by atoms with van der Waals surface area (Å²) in [5, 5.41) is 5.97. The van der Waals surface area contributed by atoms with Crippen LogP contribution in [-0.2, 0) is 22.7 Å². The Hall–Kier alpha value is -1.59. The zero-order chi connectivity index (χ0) is 15.8. The van der Waals surface area contributed by atoms with Crippen molar-refractivity contribution in [1.29, 1.82) is 0 Å². The number of carbonyl (C=O) groups excluding carboxylic acids is 2. The molecule has 0 radical (unpaired) electrons. The van der Waals surface area contributed by atoms with Crippen LogP contribution < -0.4 is 10.6 Å². The zero-order valence-electron chi connectivity index (χ0n) is 13.6. The Balaban J connectivity index is 0.00000264. The molecule has 5 nitrogen and oxygen atoms in total. The van der Waals surface area contributed by atoms with E-state index in [0.717, 1.165) is 37.1 Å². The molecule has 0 atom stereocenters. The number of nitrogens with zero attached hydrogens (tertiary/aromatic N) is 1. The number of nitrogens with one attached hydrogen (secondary N) is 2. The molecule has 1 heterocycles. The maximum atomic E-state index is 11.7. The third-order valence-electron chi connectivity index (χ3n) is 3.86. The molecule has 2 amide bonds. The molecule has 2 rings (SSSR count). The van der Waals surface area contributed by atoms with Crippen molar-refractivity contribution in [2.24, 2.45) is 0 Å². The number of carbonyl (C=O) groups is 2. The molecule has 0 spiro atoms. The minimum Gasteiger partial charge on any atom is -0.352 e. The number of benzene rings is 1. The minimum atomic E-state index is 0. The standard InChI is InChI=1S/C17H25N3O2.ClH/c1-18-9-3-7-16(21)19-12-14-5-2-6-15(11-14)13-20-10-4-8-17(20)22;/h2,5-6,11,18H,3-4,7-10,12-13H2,1H3,(H,19,21);1H. The first kappa shape index (κ1) is 19.5. The van der Waals surface area contributed by atoms with Gasteiger partial charge in [-0.3, -0.25) is 9.59 Å². The van der Waals surface area contributed by atoms with Crippen LogP contribution in [0.5, 0.6) is 0 Å². The van der Waals surface area contributed by atoms with E-state index >= 15 is 0 Å². The zero-order valence-corrected chi connectivity index (χ0v) is 14.5. The number of hydrogen-bond acceptors (Lipinski definition) is 3. The average molecular weight is 340 g/mol. The van der Waals surface area contributed by atoms with Gasteiger partial charge in [0.25, 0.3) is 0 Å². The molecule has 0 bridgehead atoms.